The van der Waals surface area contributed by atoms with E-state index in [1.54, 1.807) is 0 Å². The van der Waals surface area contributed by atoms with Gasteiger partial charge in [-0.15, -0.1) is 0 Å². The molecule has 0 fully saturated rings. The fourth-order valence-corrected chi connectivity index (χ4v) is 0. The Kier molecular flexibility index (Phi) is 12.5. The molecule has 7 heteroatoms. The summed E-state index contributed by atoms with van der Waals surface area (Å²) >= 11 is 0. The third kappa shape index (κ3) is 109. The molecule has 0 aromatic carbocycles. The van der Waals surface area contributed by atoms with E-state index < -0.39 is 7.82 Å². The van der Waals surface area contributed by atoms with Crippen LogP contribution in [0.3, 0.4) is 0 Å². The Morgan fingerprint density at radius 1 is 1.14 bits per heavy atom. The van der Waals surface area contributed by atoms with E-state index in [2.05, 4.69) is 0 Å². The number of hydrogen-bond acceptors (Lipinski definition) is 4. The molecule has 0 spiro atoms. The van der Waals surface area contributed by atoms with Gasteiger partial charge in [0.05, 0.1) is 0 Å². The van der Waals surface area contributed by atoms with Crippen LogP contribution in [0.2, 0.25) is 0 Å². The molecule has 0 rings (SSSR count). The second kappa shape index (κ2) is 5.54. The molecule has 0 aliphatic carbocycles. The van der Waals surface area contributed by atoms with Crippen LogP contribution in [-0.4, -0.2) is 40.4 Å². The summed E-state index contributed by atoms with van der Waals surface area (Å²) in [5.74, 6) is 0. The van der Waals surface area contributed by atoms with Crippen LogP contribution in [0.4, 0.5) is 0 Å². The van der Waals surface area contributed by atoms with Gasteiger partial charge in [-0.05, 0) is 0 Å². The quantitative estimate of drug-likeness (QED) is 0.258. The van der Waals surface area contributed by atoms with E-state index in [0.717, 1.165) is 0 Å². The smallest absolute Gasteiger partial charge is 0.822 e. The fourth-order valence-electron chi connectivity index (χ4n) is 0. The van der Waals surface area contributed by atoms with Crippen molar-refractivity contribution in [2.24, 2.45) is 0 Å². The van der Waals surface area contributed by atoms with Gasteiger partial charge in [0.25, 0.3) is 0 Å². The van der Waals surface area contributed by atoms with Crippen LogP contribution in [0.5, 0.6) is 0 Å². The Hall–Kier alpha value is 1.41. The van der Waals surface area contributed by atoms with Crippen molar-refractivity contribution < 1.29 is 19.2 Å². The van der Waals surface area contributed by atoms with E-state index in [4.69, 9.17) is 19.2 Å². The SMILES string of the molecule is O=P([O-])([O-])[O-].[Al+3].[MgH2]. The first-order valence-electron chi connectivity index (χ1n) is 0.730. The molecule has 0 aliphatic heterocycles. The maximum atomic E-state index is 8.55. The van der Waals surface area contributed by atoms with Gasteiger partial charge >= 0.3 is 40.4 Å². The molecule has 0 bridgehead atoms. The summed E-state index contributed by atoms with van der Waals surface area (Å²) in [5, 5.41) is 0. The largest absolute Gasteiger partial charge is 3.00 e. The van der Waals surface area contributed by atoms with Crippen molar-refractivity contribution >= 4 is 48.2 Å². The Morgan fingerprint density at radius 2 is 1.14 bits per heavy atom. The Balaban J connectivity index is -0.0000000800. The second-order valence-corrected chi connectivity index (χ2v) is 1.34. The third-order valence-corrected chi connectivity index (χ3v) is 0. The maximum absolute atomic E-state index is 8.55. The van der Waals surface area contributed by atoms with Crippen molar-refractivity contribution in [2.75, 3.05) is 0 Å². The van der Waals surface area contributed by atoms with Crippen molar-refractivity contribution in [1.82, 2.24) is 0 Å². The Bertz CT molecular complexity index is 57.8. The Morgan fingerprint density at radius 3 is 1.14 bits per heavy atom. The summed E-state index contributed by atoms with van der Waals surface area (Å²) in [6.07, 6.45) is 0. The monoisotopic (exact) mass is 148 g/mol. The zero-order chi connectivity index (χ0) is 4.50. The minimum Gasteiger partial charge on any atom is -0.822 e. The van der Waals surface area contributed by atoms with Crippen LogP contribution in [0.1, 0.15) is 0 Å². The van der Waals surface area contributed by atoms with Crippen LogP contribution >= 0.6 is 7.82 Å². The minimum absolute atomic E-state index is 0. The van der Waals surface area contributed by atoms with Gasteiger partial charge in [-0.2, -0.15) is 7.82 Å². The zero-order valence-corrected chi connectivity index (χ0v) is 4.71. The van der Waals surface area contributed by atoms with Crippen LogP contribution in [0.25, 0.3) is 0 Å². The molecule has 0 aromatic rings. The van der Waals surface area contributed by atoms with Crippen LogP contribution in [-0.2, 0) is 4.57 Å². The van der Waals surface area contributed by atoms with E-state index in [0.29, 0.717) is 0 Å². The summed E-state index contributed by atoms with van der Waals surface area (Å²) < 4.78 is 8.55. The first-order valence-corrected chi connectivity index (χ1v) is 2.19. The molecule has 0 saturated heterocycles. The summed E-state index contributed by atoms with van der Waals surface area (Å²) in [5.41, 5.74) is 0. The van der Waals surface area contributed by atoms with Gasteiger partial charge in [-0.1, -0.05) is 0 Å². The van der Waals surface area contributed by atoms with Gasteiger partial charge in [0.15, 0.2) is 0 Å². The number of rotatable bonds is 0. The first kappa shape index (κ1) is 15.8. The fraction of sp³-hybridized carbons (Fsp3) is 0. The maximum Gasteiger partial charge on any atom is 3.00 e. The van der Waals surface area contributed by atoms with E-state index >= 15 is 0 Å². The number of hydrogen-bond donors (Lipinski definition) is 0. The van der Waals surface area contributed by atoms with Crippen molar-refractivity contribution in [3.8, 4) is 0 Å². The van der Waals surface area contributed by atoms with E-state index in [1.807, 2.05) is 0 Å². The topological polar surface area (TPSA) is 86.2 Å². The second-order valence-electron chi connectivity index (χ2n) is 0.447. The van der Waals surface area contributed by atoms with Crippen molar-refractivity contribution in [3.05, 3.63) is 0 Å². The third-order valence-electron chi connectivity index (χ3n) is 0. The molecule has 0 saturated carbocycles. The number of phosphoric acid groups is 1. The predicted molar refractivity (Wildman–Crippen MR) is 21.9 cm³/mol. The summed E-state index contributed by atoms with van der Waals surface area (Å²) in [6.45, 7) is 0. The molecule has 0 unspecified atom stereocenters. The molecule has 4 nitrogen and oxygen atoms in total. The molecule has 0 aromatic heterocycles. The van der Waals surface area contributed by atoms with E-state index in [9.17, 15) is 0 Å². The molecular weight excluding hydrogens is 146 g/mol. The normalized spacial score (nSPS) is 8.43. The summed E-state index contributed by atoms with van der Waals surface area (Å²) in [6, 6.07) is 0. The molecule has 0 radical (unpaired) electrons. The van der Waals surface area contributed by atoms with Crippen molar-refractivity contribution in [2.45, 2.75) is 0 Å². The van der Waals surface area contributed by atoms with Gasteiger partial charge in [0.1, 0.15) is 0 Å². The van der Waals surface area contributed by atoms with Gasteiger partial charge in [0, 0.05) is 0 Å². The average molecular weight is 148 g/mol. The van der Waals surface area contributed by atoms with E-state index in [1.165, 1.54) is 0 Å². The Labute approximate surface area is 67.5 Å². The van der Waals surface area contributed by atoms with Gasteiger partial charge in [-0.3, -0.25) is 0 Å². The van der Waals surface area contributed by atoms with E-state index in [-0.39, 0.29) is 40.4 Å². The van der Waals surface area contributed by atoms with Crippen molar-refractivity contribution in [1.29, 1.82) is 0 Å². The predicted octanol–water partition coefficient (Wildman–Crippen LogP) is -4.12. The van der Waals surface area contributed by atoms with Gasteiger partial charge < -0.3 is 19.2 Å². The molecule has 0 heterocycles. The van der Waals surface area contributed by atoms with Crippen molar-refractivity contribution in [3.63, 3.8) is 0 Å². The zero-order valence-electron chi connectivity index (χ0n) is 2.66. The first-order chi connectivity index (χ1) is 2.00. The van der Waals surface area contributed by atoms with Gasteiger partial charge in [-0.25, -0.2) is 0 Å². The molecule has 0 atom stereocenters. The molecule has 0 N–H and O–H groups in total. The molecular formula is H2AlMgO4P. The molecule has 0 aliphatic rings. The summed E-state index contributed by atoms with van der Waals surface area (Å²) in [4.78, 5) is 25.6. The van der Waals surface area contributed by atoms with Crippen LogP contribution < -0.4 is 14.7 Å². The molecule has 7 heavy (non-hydrogen) atoms. The average Bonchev–Trinajstić information content (AvgIpc) is 0.722. The van der Waals surface area contributed by atoms with Crippen LogP contribution in [0.15, 0.2) is 0 Å². The summed E-state index contributed by atoms with van der Waals surface area (Å²) in [7, 11) is -5.39. The van der Waals surface area contributed by atoms with Gasteiger partial charge in [0.2, 0.25) is 0 Å². The standard InChI is InChI=1S/Al.Mg.H3O4P.2H/c;;1-5(2,3)4;;/h;;(H3,1,2,3,4);;/q+3;;;;/p-3. The molecule has 0 amide bonds. The minimum atomic E-state index is -5.39. The van der Waals surface area contributed by atoms with Crippen LogP contribution in [0, 0.1) is 0 Å². The molecule has 36 valence electrons.